The van der Waals surface area contributed by atoms with Crippen LogP contribution >= 0.6 is 0 Å². The molecular weight excluding hydrogens is 303 g/mol. The average Bonchev–Trinajstić information content (AvgIpc) is 2.46. The summed E-state index contributed by atoms with van der Waals surface area (Å²) in [7, 11) is -4.19. The Morgan fingerprint density at radius 2 is 2.10 bits per heavy atom. The van der Waals surface area contributed by atoms with Gasteiger partial charge >= 0.3 is 0 Å². The number of halogens is 1. The zero-order valence-corrected chi connectivity index (χ0v) is 11.8. The third-order valence-electron chi connectivity index (χ3n) is 3.37. The van der Waals surface area contributed by atoms with E-state index in [0.717, 1.165) is 22.9 Å². The number of piperidine rings is 1. The van der Waals surface area contributed by atoms with Crippen LogP contribution in [0.2, 0.25) is 0 Å². The van der Waals surface area contributed by atoms with Crippen LogP contribution in [0.15, 0.2) is 23.1 Å². The molecule has 0 spiro atoms. The van der Waals surface area contributed by atoms with Gasteiger partial charge in [0.15, 0.2) is 0 Å². The van der Waals surface area contributed by atoms with E-state index >= 15 is 0 Å². The van der Waals surface area contributed by atoms with Crippen molar-refractivity contribution in [1.29, 1.82) is 0 Å². The van der Waals surface area contributed by atoms with Gasteiger partial charge in [-0.1, -0.05) is 6.42 Å². The number of non-ortho nitro benzene ring substituents is 1. The first kappa shape index (κ1) is 15.5. The lowest BCUT2D eigenvalue weighted by molar-refractivity contribution is -0.385. The molecule has 0 radical (unpaired) electrons. The number of carbonyl (C=O) groups is 1. The zero-order chi connectivity index (χ0) is 15.6. The summed E-state index contributed by atoms with van der Waals surface area (Å²) in [6.07, 6.45) is 2.22. The maximum Gasteiger partial charge on any atom is 0.272 e. The normalized spacial score (nSPS) is 20.1. The Morgan fingerprint density at radius 3 is 2.67 bits per heavy atom. The minimum Gasteiger partial charge on any atom is -0.302 e. The molecule has 0 N–H and O–H groups in total. The smallest absolute Gasteiger partial charge is 0.272 e. The average molecular weight is 316 g/mol. The number of sulfonamides is 1. The maximum atomic E-state index is 13.9. The monoisotopic (exact) mass is 316 g/mol. The van der Waals surface area contributed by atoms with E-state index in [9.17, 15) is 27.7 Å². The number of nitro groups is 1. The number of carbonyl (C=O) groups excluding carboxylic acids is 1. The summed E-state index contributed by atoms with van der Waals surface area (Å²) in [5, 5.41) is 10.5. The Morgan fingerprint density at radius 1 is 1.38 bits per heavy atom. The molecule has 1 unspecified atom stereocenters. The maximum absolute atomic E-state index is 13.9. The van der Waals surface area contributed by atoms with Crippen LogP contribution in [0, 0.1) is 15.9 Å². The van der Waals surface area contributed by atoms with Gasteiger partial charge in [0.25, 0.3) is 5.69 Å². The summed E-state index contributed by atoms with van der Waals surface area (Å²) in [5.74, 6) is -1.19. The lowest BCUT2D eigenvalue weighted by atomic mass is 10.1. The molecule has 0 saturated carbocycles. The van der Waals surface area contributed by atoms with Crippen molar-refractivity contribution in [3.05, 3.63) is 34.1 Å². The summed E-state index contributed by atoms with van der Waals surface area (Å²) >= 11 is 0. The van der Waals surface area contributed by atoms with Crippen LogP contribution < -0.4 is 0 Å². The van der Waals surface area contributed by atoms with Crippen LogP contribution in [-0.4, -0.2) is 36.5 Å². The van der Waals surface area contributed by atoms with Gasteiger partial charge in [-0.15, -0.1) is 0 Å². The number of nitro benzene ring substituents is 1. The van der Waals surface area contributed by atoms with Gasteiger partial charge in [-0.25, -0.2) is 12.8 Å². The second-order valence-electron chi connectivity index (χ2n) is 4.69. The van der Waals surface area contributed by atoms with Gasteiger partial charge in [0.05, 0.1) is 17.0 Å². The van der Waals surface area contributed by atoms with Crippen LogP contribution in [0.3, 0.4) is 0 Å². The first-order valence-electron chi connectivity index (χ1n) is 6.29. The quantitative estimate of drug-likeness (QED) is 0.476. The molecule has 114 valence electrons. The van der Waals surface area contributed by atoms with Gasteiger partial charge in [-0.2, -0.15) is 4.31 Å². The van der Waals surface area contributed by atoms with Crippen molar-refractivity contribution in [3.63, 3.8) is 0 Å². The fraction of sp³-hybridized carbons (Fsp3) is 0.417. The summed E-state index contributed by atoms with van der Waals surface area (Å²) in [6, 6.07) is 1.53. The summed E-state index contributed by atoms with van der Waals surface area (Å²) in [4.78, 5) is 20.1. The van der Waals surface area contributed by atoms with Crippen LogP contribution in [0.5, 0.6) is 0 Å². The molecule has 0 bridgehead atoms. The molecule has 1 aromatic rings. The molecule has 21 heavy (non-hydrogen) atoms. The number of hydrogen-bond donors (Lipinski definition) is 0. The third-order valence-corrected chi connectivity index (χ3v) is 5.33. The van der Waals surface area contributed by atoms with E-state index in [0.29, 0.717) is 25.2 Å². The Kier molecular flexibility index (Phi) is 4.33. The third kappa shape index (κ3) is 2.93. The summed E-state index contributed by atoms with van der Waals surface area (Å²) in [6.45, 7) is 0.127. The van der Waals surface area contributed by atoms with Gasteiger partial charge in [0.2, 0.25) is 10.0 Å². The molecule has 1 fully saturated rings. The molecule has 9 heteroatoms. The fourth-order valence-corrected chi connectivity index (χ4v) is 3.98. The lowest BCUT2D eigenvalue weighted by Gasteiger charge is -2.31. The Hall–Kier alpha value is -1.87. The topological polar surface area (TPSA) is 97.6 Å². The number of rotatable bonds is 4. The molecular formula is C12H13FN2O5S. The van der Waals surface area contributed by atoms with E-state index in [1.807, 2.05) is 0 Å². The second-order valence-corrected chi connectivity index (χ2v) is 6.55. The van der Waals surface area contributed by atoms with Crippen molar-refractivity contribution >= 4 is 22.0 Å². The van der Waals surface area contributed by atoms with E-state index < -0.39 is 37.4 Å². The lowest BCUT2D eigenvalue weighted by Crippen LogP contribution is -2.44. The van der Waals surface area contributed by atoms with Gasteiger partial charge < -0.3 is 4.79 Å². The first-order valence-corrected chi connectivity index (χ1v) is 7.73. The van der Waals surface area contributed by atoms with Crippen molar-refractivity contribution < 1.29 is 22.5 Å². The number of benzene rings is 1. The summed E-state index contributed by atoms with van der Waals surface area (Å²) in [5.41, 5.74) is -0.531. The van der Waals surface area contributed by atoms with Crippen molar-refractivity contribution in [3.8, 4) is 0 Å². The highest BCUT2D eigenvalue weighted by Gasteiger charge is 2.35. The van der Waals surface area contributed by atoms with Gasteiger partial charge in [-0.05, 0) is 18.9 Å². The molecule has 1 heterocycles. The van der Waals surface area contributed by atoms with Crippen LogP contribution in [0.1, 0.15) is 19.3 Å². The number of nitrogens with zero attached hydrogens (tertiary/aromatic N) is 2. The second kappa shape index (κ2) is 5.86. The SMILES string of the molecule is O=CC1CCCCN1S(=O)(=O)c1ccc([N+](=O)[O-])cc1F. The number of hydrogen-bond acceptors (Lipinski definition) is 5. The van der Waals surface area contributed by atoms with Crippen molar-refractivity contribution in [1.82, 2.24) is 4.31 Å². The molecule has 7 nitrogen and oxygen atoms in total. The number of aldehydes is 1. The standard InChI is InChI=1S/C12H13FN2O5S/c13-11-7-9(15(17)18)4-5-12(11)21(19,20)14-6-2-1-3-10(14)8-16/h4-5,7-8,10H,1-3,6H2. The highest BCUT2D eigenvalue weighted by atomic mass is 32.2. The molecule has 2 rings (SSSR count). The Labute approximate surface area is 120 Å². The largest absolute Gasteiger partial charge is 0.302 e. The molecule has 1 saturated heterocycles. The molecule has 1 atom stereocenters. The minimum absolute atomic E-state index is 0.127. The van der Waals surface area contributed by atoms with Crippen LogP contribution in [0.4, 0.5) is 10.1 Å². The zero-order valence-electron chi connectivity index (χ0n) is 10.9. The predicted molar refractivity (Wildman–Crippen MR) is 70.6 cm³/mol. The molecule has 0 aliphatic carbocycles. The molecule has 0 amide bonds. The van der Waals surface area contributed by atoms with E-state index in [2.05, 4.69) is 0 Å². The highest BCUT2D eigenvalue weighted by molar-refractivity contribution is 7.89. The van der Waals surface area contributed by atoms with Crippen molar-refractivity contribution in [2.75, 3.05) is 6.54 Å². The predicted octanol–water partition coefficient (Wildman–Crippen LogP) is 1.48. The first-order chi connectivity index (χ1) is 9.87. The van der Waals surface area contributed by atoms with Crippen LogP contribution in [-0.2, 0) is 14.8 Å². The summed E-state index contributed by atoms with van der Waals surface area (Å²) < 4.78 is 39.7. The van der Waals surface area contributed by atoms with E-state index in [4.69, 9.17) is 0 Å². The van der Waals surface area contributed by atoms with E-state index in [-0.39, 0.29) is 6.54 Å². The molecule has 1 aliphatic heterocycles. The van der Waals surface area contributed by atoms with Gasteiger partial charge in [-0.3, -0.25) is 10.1 Å². The molecule has 1 aliphatic rings. The molecule has 0 aromatic heterocycles. The van der Waals surface area contributed by atoms with Crippen molar-refractivity contribution in [2.45, 2.75) is 30.2 Å². The molecule has 1 aromatic carbocycles. The fourth-order valence-electron chi connectivity index (χ4n) is 2.30. The highest BCUT2D eigenvalue weighted by Crippen LogP contribution is 2.27. The van der Waals surface area contributed by atoms with Crippen molar-refractivity contribution in [2.24, 2.45) is 0 Å². The van der Waals surface area contributed by atoms with E-state index in [1.165, 1.54) is 0 Å². The Bertz CT molecular complexity index is 676. The van der Waals surface area contributed by atoms with E-state index in [1.54, 1.807) is 0 Å². The van der Waals surface area contributed by atoms with Gasteiger partial charge in [0.1, 0.15) is 17.0 Å². The Balaban J connectivity index is 2.43. The van der Waals surface area contributed by atoms with Gasteiger partial charge in [0, 0.05) is 12.6 Å². The van der Waals surface area contributed by atoms with Crippen LogP contribution in [0.25, 0.3) is 0 Å². The minimum atomic E-state index is -4.19.